The molecule has 6 fully saturated rings. The maximum atomic E-state index is 13.2. The fraction of sp³-hybridized carbons (Fsp3) is 0.571. The van der Waals surface area contributed by atoms with Crippen LogP contribution in [0.3, 0.4) is 0 Å². The van der Waals surface area contributed by atoms with E-state index in [0.29, 0.717) is 19.0 Å². The number of benzene rings is 1. The van der Waals surface area contributed by atoms with Crippen LogP contribution in [0.5, 0.6) is 0 Å². The van der Waals surface area contributed by atoms with Gasteiger partial charge in [-0.2, -0.15) is 0 Å². The lowest BCUT2D eigenvalue weighted by Gasteiger charge is -2.50. The van der Waals surface area contributed by atoms with Gasteiger partial charge in [0.15, 0.2) is 0 Å². The molecular weight excluding hydrogens is 328 g/mol. The second-order valence-corrected chi connectivity index (χ2v) is 8.92. The van der Waals surface area contributed by atoms with Crippen molar-refractivity contribution in [2.45, 2.75) is 38.3 Å². The van der Waals surface area contributed by atoms with Gasteiger partial charge in [0.25, 0.3) is 0 Å². The molecule has 3 amide bonds. The molecule has 2 bridgehead atoms. The molecule has 3 aliphatic heterocycles. The maximum absolute atomic E-state index is 13.2. The van der Waals surface area contributed by atoms with Gasteiger partial charge in [0.1, 0.15) is 0 Å². The van der Waals surface area contributed by atoms with Crippen LogP contribution in [0, 0.1) is 29.1 Å². The molecule has 1 aromatic rings. The van der Waals surface area contributed by atoms with E-state index in [-0.39, 0.29) is 46.9 Å². The van der Waals surface area contributed by atoms with E-state index in [1.165, 1.54) is 4.90 Å². The van der Waals surface area contributed by atoms with Gasteiger partial charge in [0.2, 0.25) is 17.7 Å². The minimum atomic E-state index is -0.310. The van der Waals surface area contributed by atoms with Crippen molar-refractivity contribution in [3.63, 3.8) is 0 Å². The molecule has 3 aliphatic carbocycles. The van der Waals surface area contributed by atoms with Crippen molar-refractivity contribution in [2.75, 3.05) is 6.54 Å². The smallest absolute Gasteiger partial charge is 0.235 e. The van der Waals surface area contributed by atoms with E-state index in [0.717, 1.165) is 31.2 Å². The van der Waals surface area contributed by atoms with Crippen LogP contribution in [0.25, 0.3) is 0 Å². The first-order valence-corrected chi connectivity index (χ1v) is 9.80. The largest absolute Gasteiger partial charge is 0.338 e. The quantitative estimate of drug-likeness (QED) is 0.782. The van der Waals surface area contributed by atoms with Gasteiger partial charge in [-0.25, -0.2) is 0 Å². The number of rotatable bonds is 3. The summed E-state index contributed by atoms with van der Waals surface area (Å²) in [5.41, 5.74) is 0.924. The molecule has 6 aliphatic rings. The fourth-order valence-electron chi connectivity index (χ4n) is 5.85. The Bertz CT molecular complexity index is 829. The molecule has 26 heavy (non-hydrogen) atoms. The second kappa shape index (κ2) is 4.76. The van der Waals surface area contributed by atoms with Crippen molar-refractivity contribution in [2.24, 2.45) is 29.1 Å². The van der Waals surface area contributed by atoms with Crippen LogP contribution < -0.4 is 0 Å². The number of fused-ring (bicyclic) bond motifs is 3. The minimum absolute atomic E-state index is 0.0143. The van der Waals surface area contributed by atoms with Crippen LogP contribution in [-0.2, 0) is 20.9 Å². The third-order valence-electron chi connectivity index (χ3n) is 7.63. The van der Waals surface area contributed by atoms with Gasteiger partial charge in [-0.15, -0.1) is 0 Å². The van der Waals surface area contributed by atoms with Gasteiger partial charge in [0.05, 0.1) is 23.8 Å². The van der Waals surface area contributed by atoms with Crippen molar-refractivity contribution < 1.29 is 14.4 Å². The second-order valence-electron chi connectivity index (χ2n) is 8.92. The Morgan fingerprint density at radius 3 is 2.42 bits per heavy atom. The third kappa shape index (κ3) is 1.79. The number of likely N-dealkylation sites (tertiary alicyclic amines) is 1. The third-order valence-corrected chi connectivity index (χ3v) is 7.63. The average Bonchev–Trinajstić information content (AvgIpc) is 3.53. The van der Waals surface area contributed by atoms with Crippen molar-refractivity contribution >= 4 is 17.7 Å². The van der Waals surface area contributed by atoms with Gasteiger partial charge >= 0.3 is 0 Å². The SMILES string of the molecule is O=C1[C@H]2[C@H]3CC[C@@H]([C@H]2C(=O)N1Cc1ccccc1)N(C(=O)C12CC1C2)C3. The van der Waals surface area contributed by atoms with Crippen LogP contribution in [0.4, 0.5) is 0 Å². The monoisotopic (exact) mass is 350 g/mol. The average molecular weight is 350 g/mol. The first-order chi connectivity index (χ1) is 12.6. The summed E-state index contributed by atoms with van der Waals surface area (Å²) in [6.45, 7) is 1.03. The van der Waals surface area contributed by atoms with Crippen molar-refractivity contribution in [1.29, 1.82) is 0 Å². The Morgan fingerprint density at radius 2 is 1.73 bits per heavy atom. The summed E-state index contributed by atoms with van der Waals surface area (Å²) >= 11 is 0. The van der Waals surface area contributed by atoms with Gasteiger partial charge in [-0.3, -0.25) is 19.3 Å². The molecule has 0 N–H and O–H groups in total. The van der Waals surface area contributed by atoms with Crippen molar-refractivity contribution in [3.8, 4) is 0 Å². The number of hydrogen-bond acceptors (Lipinski definition) is 3. The molecule has 0 unspecified atom stereocenters. The van der Waals surface area contributed by atoms with E-state index in [9.17, 15) is 14.4 Å². The molecule has 0 spiro atoms. The van der Waals surface area contributed by atoms with Crippen LogP contribution in [-0.4, -0.2) is 40.1 Å². The highest BCUT2D eigenvalue weighted by atomic mass is 16.2. The van der Waals surface area contributed by atoms with Crippen LogP contribution in [0.2, 0.25) is 0 Å². The zero-order chi connectivity index (χ0) is 17.6. The number of piperidine rings is 2. The number of imide groups is 1. The van der Waals surface area contributed by atoms with E-state index in [1.807, 2.05) is 35.2 Å². The Labute approximate surface area is 152 Å². The summed E-state index contributed by atoms with van der Waals surface area (Å²) in [6, 6.07) is 9.63. The van der Waals surface area contributed by atoms with E-state index < -0.39 is 0 Å². The van der Waals surface area contributed by atoms with E-state index in [4.69, 9.17) is 0 Å². The summed E-state index contributed by atoms with van der Waals surface area (Å²) in [7, 11) is 0. The highest BCUT2D eigenvalue weighted by Gasteiger charge is 2.76. The first-order valence-electron chi connectivity index (χ1n) is 9.80. The van der Waals surface area contributed by atoms with Gasteiger partial charge in [-0.1, -0.05) is 30.3 Å². The number of carbonyl (C=O) groups excluding carboxylic acids is 3. The molecule has 3 saturated carbocycles. The molecule has 0 radical (unpaired) electrons. The molecule has 7 rings (SSSR count). The molecule has 0 aromatic heterocycles. The zero-order valence-electron chi connectivity index (χ0n) is 14.6. The van der Waals surface area contributed by atoms with E-state index in [1.54, 1.807) is 0 Å². The molecular formula is C21H22N2O3. The summed E-state index contributed by atoms with van der Waals surface area (Å²) < 4.78 is 0. The number of hydrogen-bond donors (Lipinski definition) is 0. The maximum Gasteiger partial charge on any atom is 0.235 e. The molecule has 1 aromatic carbocycles. The molecule has 134 valence electrons. The summed E-state index contributed by atoms with van der Waals surface area (Å²) in [5.74, 6) is 0.449. The van der Waals surface area contributed by atoms with Crippen LogP contribution >= 0.6 is 0 Å². The Kier molecular flexibility index (Phi) is 2.73. The lowest BCUT2D eigenvalue weighted by atomic mass is 9.66. The van der Waals surface area contributed by atoms with Crippen molar-refractivity contribution in [1.82, 2.24) is 9.80 Å². The lowest BCUT2D eigenvalue weighted by Crippen LogP contribution is -2.60. The standard InChI is InChI=1S/C21H22N2O3/c24-18-16-13-6-7-15(22(11-13)20(26)21-8-14(21)9-21)17(16)19(25)23(18)10-12-4-2-1-3-5-12/h1-5,13-17H,6-11H2/t13-,14?,15-,16-,17+,21?/m0/s1. The van der Waals surface area contributed by atoms with Crippen LogP contribution in [0.15, 0.2) is 30.3 Å². The molecule has 4 atom stereocenters. The molecule has 5 nitrogen and oxygen atoms in total. The van der Waals surface area contributed by atoms with Crippen LogP contribution in [0.1, 0.15) is 31.2 Å². The minimum Gasteiger partial charge on any atom is -0.338 e. The Balaban J connectivity index is 1.29. The predicted molar refractivity (Wildman–Crippen MR) is 92.4 cm³/mol. The summed E-state index contributed by atoms with van der Waals surface area (Å²) in [4.78, 5) is 42.6. The predicted octanol–water partition coefficient (Wildman–Crippen LogP) is 1.82. The summed E-state index contributed by atoms with van der Waals surface area (Å²) in [5, 5.41) is 0. The molecule has 3 heterocycles. The Hall–Kier alpha value is -2.17. The number of amides is 3. The van der Waals surface area contributed by atoms with E-state index >= 15 is 0 Å². The normalized spacial score (nSPS) is 41.9. The fourth-order valence-corrected chi connectivity index (χ4v) is 5.85. The summed E-state index contributed by atoms with van der Waals surface area (Å²) in [6.07, 6.45) is 3.92. The molecule has 3 saturated heterocycles. The van der Waals surface area contributed by atoms with E-state index in [2.05, 4.69) is 0 Å². The number of nitrogens with zero attached hydrogens (tertiary/aromatic N) is 2. The highest BCUT2D eigenvalue weighted by molar-refractivity contribution is 6.06. The highest BCUT2D eigenvalue weighted by Crippen LogP contribution is 2.76. The van der Waals surface area contributed by atoms with Gasteiger partial charge in [-0.05, 0) is 43.1 Å². The van der Waals surface area contributed by atoms with Crippen molar-refractivity contribution in [3.05, 3.63) is 35.9 Å². The van der Waals surface area contributed by atoms with Gasteiger partial charge < -0.3 is 4.90 Å². The first kappa shape index (κ1) is 14.9. The topological polar surface area (TPSA) is 57.7 Å². The van der Waals surface area contributed by atoms with Gasteiger partial charge in [0, 0.05) is 12.6 Å². The lowest BCUT2D eigenvalue weighted by molar-refractivity contribution is -0.153. The number of carbonyl (C=O) groups is 3. The zero-order valence-corrected chi connectivity index (χ0v) is 14.6. The Morgan fingerprint density at radius 1 is 1.04 bits per heavy atom. The molecule has 5 heteroatoms.